The second-order valence-corrected chi connectivity index (χ2v) is 7.77. The summed E-state index contributed by atoms with van der Waals surface area (Å²) in [6.07, 6.45) is 1.08. The fraction of sp³-hybridized carbons (Fsp3) is 0.478. The van der Waals surface area contributed by atoms with Gasteiger partial charge in [0.05, 0.1) is 5.54 Å². The second kappa shape index (κ2) is 9.20. The van der Waals surface area contributed by atoms with E-state index in [1.165, 1.54) is 11.1 Å². The van der Waals surface area contributed by atoms with E-state index in [0.29, 0.717) is 0 Å². The first-order valence-electron chi connectivity index (χ1n) is 10.2. The molecular formula is C23H32ClN3. The molecule has 1 heterocycles. The van der Waals surface area contributed by atoms with Crippen LogP contribution in [0.25, 0.3) is 0 Å². The zero-order valence-corrected chi connectivity index (χ0v) is 17.6. The summed E-state index contributed by atoms with van der Waals surface area (Å²) in [7, 11) is 0. The monoisotopic (exact) mass is 385 g/mol. The Morgan fingerprint density at radius 2 is 1.70 bits per heavy atom. The smallest absolute Gasteiger partial charge is 0.0603 e. The highest BCUT2D eigenvalue weighted by Crippen LogP contribution is 2.37. The van der Waals surface area contributed by atoms with Crippen LogP contribution in [-0.4, -0.2) is 47.6 Å². The third kappa shape index (κ3) is 4.38. The van der Waals surface area contributed by atoms with E-state index in [2.05, 4.69) is 84.2 Å². The van der Waals surface area contributed by atoms with Crippen LogP contribution in [0.5, 0.6) is 0 Å². The van der Waals surface area contributed by atoms with E-state index in [4.69, 9.17) is 11.6 Å². The number of rotatable bonds is 7. The molecule has 1 aliphatic rings. The molecule has 146 valence electrons. The number of benzene rings is 2. The van der Waals surface area contributed by atoms with Gasteiger partial charge in [0.1, 0.15) is 0 Å². The Bertz CT molecular complexity index is 717. The summed E-state index contributed by atoms with van der Waals surface area (Å²) in [5, 5.41) is 5.85. The van der Waals surface area contributed by atoms with Gasteiger partial charge >= 0.3 is 0 Å². The van der Waals surface area contributed by atoms with Gasteiger partial charge in [0, 0.05) is 44.3 Å². The molecule has 2 aromatic rings. The van der Waals surface area contributed by atoms with Gasteiger partial charge in [-0.3, -0.25) is 4.90 Å². The molecule has 0 saturated carbocycles. The lowest BCUT2D eigenvalue weighted by molar-refractivity contribution is -0.114. The van der Waals surface area contributed by atoms with E-state index in [1.807, 2.05) is 6.07 Å². The number of halogens is 1. The van der Waals surface area contributed by atoms with Crippen molar-refractivity contribution in [2.45, 2.75) is 39.3 Å². The molecule has 1 atom stereocenters. The molecule has 0 radical (unpaired) electrons. The highest BCUT2D eigenvalue weighted by molar-refractivity contribution is 6.30. The predicted octanol–water partition coefficient (Wildman–Crippen LogP) is 5.02. The minimum Gasteiger partial charge on any atom is -0.287 e. The first-order chi connectivity index (χ1) is 13.1. The van der Waals surface area contributed by atoms with Crippen LogP contribution < -0.4 is 0 Å². The fourth-order valence-corrected chi connectivity index (χ4v) is 4.66. The average Bonchev–Trinajstić information content (AvgIpc) is 2.70. The first kappa shape index (κ1) is 20.3. The van der Waals surface area contributed by atoms with E-state index < -0.39 is 0 Å². The van der Waals surface area contributed by atoms with Gasteiger partial charge in [0.25, 0.3) is 0 Å². The Hall–Kier alpha value is -1.39. The largest absolute Gasteiger partial charge is 0.287 e. The molecule has 0 bridgehead atoms. The van der Waals surface area contributed by atoms with Crippen molar-refractivity contribution in [1.82, 2.24) is 14.9 Å². The molecule has 3 nitrogen and oxygen atoms in total. The average molecular weight is 386 g/mol. The van der Waals surface area contributed by atoms with Gasteiger partial charge < -0.3 is 0 Å². The standard InChI is InChI=1S/C23H32ClN3/c1-4-23(21-12-8-7-9-13-21)19-27(26(5-2)6-3)16-15-25(23)18-20-11-10-14-22(24)17-20/h7-14,17H,4-6,15-16,18-19H2,1-3H3. The summed E-state index contributed by atoms with van der Waals surface area (Å²) < 4.78 is 0. The van der Waals surface area contributed by atoms with E-state index in [0.717, 1.165) is 50.7 Å². The Balaban J connectivity index is 1.95. The second-order valence-electron chi connectivity index (χ2n) is 7.33. The molecule has 27 heavy (non-hydrogen) atoms. The molecule has 0 aliphatic carbocycles. The van der Waals surface area contributed by atoms with E-state index >= 15 is 0 Å². The molecule has 1 fully saturated rings. The van der Waals surface area contributed by atoms with Crippen molar-refractivity contribution in [3.63, 3.8) is 0 Å². The molecule has 0 amide bonds. The lowest BCUT2D eigenvalue weighted by atomic mass is 9.83. The summed E-state index contributed by atoms with van der Waals surface area (Å²) in [4.78, 5) is 2.66. The third-order valence-corrected chi connectivity index (χ3v) is 6.20. The number of nitrogens with zero attached hydrogens (tertiary/aromatic N) is 3. The van der Waals surface area contributed by atoms with Crippen molar-refractivity contribution >= 4 is 11.6 Å². The molecular weight excluding hydrogens is 354 g/mol. The molecule has 1 unspecified atom stereocenters. The quantitative estimate of drug-likeness (QED) is 0.662. The maximum absolute atomic E-state index is 6.25. The number of hydrazine groups is 1. The molecule has 0 aromatic heterocycles. The maximum atomic E-state index is 6.25. The zero-order valence-electron chi connectivity index (χ0n) is 16.9. The minimum atomic E-state index is 0.00438. The fourth-order valence-electron chi connectivity index (χ4n) is 4.44. The molecule has 1 saturated heterocycles. The SMILES string of the molecule is CCN(CC)N1CCN(Cc2cccc(Cl)c2)C(CC)(c2ccccc2)C1. The molecule has 0 spiro atoms. The van der Waals surface area contributed by atoms with Crippen molar-refractivity contribution in [2.75, 3.05) is 32.7 Å². The Labute approximate surface area is 169 Å². The van der Waals surface area contributed by atoms with Crippen molar-refractivity contribution in [3.8, 4) is 0 Å². The highest BCUT2D eigenvalue weighted by Gasteiger charge is 2.42. The van der Waals surface area contributed by atoms with Gasteiger partial charge in [0.15, 0.2) is 0 Å². The van der Waals surface area contributed by atoms with Crippen LogP contribution >= 0.6 is 11.6 Å². The third-order valence-electron chi connectivity index (χ3n) is 5.97. The lowest BCUT2D eigenvalue weighted by Gasteiger charge is -2.53. The highest BCUT2D eigenvalue weighted by atomic mass is 35.5. The van der Waals surface area contributed by atoms with Crippen LogP contribution in [0.15, 0.2) is 54.6 Å². The predicted molar refractivity (Wildman–Crippen MR) is 115 cm³/mol. The molecule has 1 aliphatic heterocycles. The number of hydrogen-bond acceptors (Lipinski definition) is 3. The Kier molecular flexibility index (Phi) is 6.93. The maximum Gasteiger partial charge on any atom is 0.0603 e. The number of piperazine rings is 1. The van der Waals surface area contributed by atoms with Gasteiger partial charge in [-0.1, -0.05) is 74.8 Å². The van der Waals surface area contributed by atoms with Crippen LogP contribution in [0.1, 0.15) is 38.3 Å². The van der Waals surface area contributed by atoms with E-state index in [1.54, 1.807) is 0 Å². The van der Waals surface area contributed by atoms with Crippen molar-refractivity contribution < 1.29 is 0 Å². The molecule has 0 N–H and O–H groups in total. The van der Waals surface area contributed by atoms with Gasteiger partial charge in [0.2, 0.25) is 0 Å². The summed E-state index contributed by atoms with van der Waals surface area (Å²) in [6.45, 7) is 13.0. The van der Waals surface area contributed by atoms with Gasteiger partial charge in [-0.05, 0) is 29.7 Å². The van der Waals surface area contributed by atoms with Crippen LogP contribution in [0.3, 0.4) is 0 Å². The van der Waals surface area contributed by atoms with Crippen LogP contribution in [-0.2, 0) is 12.1 Å². The molecule has 2 aromatic carbocycles. The topological polar surface area (TPSA) is 9.72 Å². The summed E-state index contributed by atoms with van der Waals surface area (Å²) in [5.74, 6) is 0. The van der Waals surface area contributed by atoms with Crippen molar-refractivity contribution in [1.29, 1.82) is 0 Å². The van der Waals surface area contributed by atoms with E-state index in [-0.39, 0.29) is 5.54 Å². The zero-order chi connectivity index (χ0) is 19.3. The number of hydrogen-bond donors (Lipinski definition) is 0. The first-order valence-corrected chi connectivity index (χ1v) is 10.6. The summed E-state index contributed by atoms with van der Waals surface area (Å²) in [5.41, 5.74) is 2.70. The summed E-state index contributed by atoms with van der Waals surface area (Å²) >= 11 is 6.25. The van der Waals surface area contributed by atoms with Gasteiger partial charge in [-0.25, -0.2) is 10.0 Å². The van der Waals surface area contributed by atoms with Crippen LogP contribution in [0, 0.1) is 0 Å². The minimum absolute atomic E-state index is 0.00438. The van der Waals surface area contributed by atoms with Crippen LogP contribution in [0.4, 0.5) is 0 Å². The van der Waals surface area contributed by atoms with Crippen molar-refractivity contribution in [2.24, 2.45) is 0 Å². The summed E-state index contributed by atoms with van der Waals surface area (Å²) in [6, 6.07) is 19.3. The van der Waals surface area contributed by atoms with Gasteiger partial charge in [-0.2, -0.15) is 0 Å². The Morgan fingerprint density at radius 1 is 0.963 bits per heavy atom. The molecule has 3 rings (SSSR count). The Morgan fingerprint density at radius 3 is 2.33 bits per heavy atom. The van der Waals surface area contributed by atoms with E-state index in [9.17, 15) is 0 Å². The van der Waals surface area contributed by atoms with Crippen molar-refractivity contribution in [3.05, 3.63) is 70.7 Å². The van der Waals surface area contributed by atoms with Gasteiger partial charge in [-0.15, -0.1) is 0 Å². The molecule has 4 heteroatoms. The normalized spacial score (nSPS) is 21.7. The van der Waals surface area contributed by atoms with Crippen LogP contribution in [0.2, 0.25) is 5.02 Å². The lowest BCUT2D eigenvalue weighted by Crippen LogP contribution is -2.63.